The van der Waals surface area contributed by atoms with E-state index in [1.54, 1.807) is 0 Å². The van der Waals surface area contributed by atoms with E-state index >= 15 is 0 Å². The average molecular weight is 359 g/mol. The molecule has 27 heavy (non-hydrogen) atoms. The molecule has 5 rings (SSSR count). The Hall–Kier alpha value is -3.01. The summed E-state index contributed by atoms with van der Waals surface area (Å²) in [7, 11) is 0. The van der Waals surface area contributed by atoms with Crippen LogP contribution in [0.2, 0.25) is 0 Å². The van der Waals surface area contributed by atoms with E-state index in [9.17, 15) is 4.79 Å². The Bertz CT molecular complexity index is 1040. The summed E-state index contributed by atoms with van der Waals surface area (Å²) >= 11 is 0. The van der Waals surface area contributed by atoms with Crippen LogP contribution < -0.4 is 14.4 Å². The average Bonchev–Trinajstić information content (AvgIpc) is 3.17. The van der Waals surface area contributed by atoms with Crippen molar-refractivity contribution in [1.82, 2.24) is 0 Å². The number of benzene rings is 3. The Morgan fingerprint density at radius 3 is 2.78 bits per heavy atom. The Morgan fingerprint density at radius 1 is 1.04 bits per heavy atom. The second-order valence-electron chi connectivity index (χ2n) is 7.13. The van der Waals surface area contributed by atoms with Crippen molar-refractivity contribution in [3.8, 4) is 11.5 Å². The summed E-state index contributed by atoms with van der Waals surface area (Å²) < 4.78 is 11.0. The second kappa shape index (κ2) is 6.31. The minimum Gasteiger partial charge on any atom is -0.454 e. The third-order valence-electron chi connectivity index (χ3n) is 5.51. The number of carbonyl (C=O) groups excluding carboxylic acids is 1. The molecule has 0 N–H and O–H groups in total. The number of carbonyl (C=O) groups is 1. The molecule has 1 unspecified atom stereocenters. The first-order chi connectivity index (χ1) is 13.3. The van der Waals surface area contributed by atoms with Gasteiger partial charge in [0.25, 0.3) is 0 Å². The van der Waals surface area contributed by atoms with Crippen LogP contribution in [0.15, 0.2) is 54.6 Å². The lowest BCUT2D eigenvalue weighted by Gasteiger charge is -2.35. The van der Waals surface area contributed by atoms with E-state index in [4.69, 9.17) is 9.47 Å². The van der Waals surface area contributed by atoms with Gasteiger partial charge in [-0.1, -0.05) is 43.3 Å². The molecule has 4 nitrogen and oxygen atoms in total. The van der Waals surface area contributed by atoms with Gasteiger partial charge in [0, 0.05) is 24.6 Å². The number of ether oxygens (including phenoxy) is 2. The molecule has 2 aliphatic rings. The van der Waals surface area contributed by atoms with Crippen molar-refractivity contribution in [2.45, 2.75) is 25.7 Å². The lowest BCUT2D eigenvalue weighted by molar-refractivity contribution is -0.119. The number of hydrogen-bond acceptors (Lipinski definition) is 3. The third-order valence-corrected chi connectivity index (χ3v) is 5.51. The van der Waals surface area contributed by atoms with Gasteiger partial charge in [-0.05, 0) is 46.5 Å². The van der Waals surface area contributed by atoms with Gasteiger partial charge < -0.3 is 14.4 Å². The second-order valence-corrected chi connectivity index (χ2v) is 7.13. The van der Waals surface area contributed by atoms with E-state index < -0.39 is 0 Å². The predicted octanol–water partition coefficient (Wildman–Crippen LogP) is 4.85. The van der Waals surface area contributed by atoms with Crippen LogP contribution in [0.4, 0.5) is 5.69 Å². The molecule has 0 saturated carbocycles. The van der Waals surface area contributed by atoms with Crippen LogP contribution >= 0.6 is 0 Å². The summed E-state index contributed by atoms with van der Waals surface area (Å²) in [5.41, 5.74) is 3.37. The highest BCUT2D eigenvalue weighted by Crippen LogP contribution is 2.46. The summed E-state index contributed by atoms with van der Waals surface area (Å²) in [5, 5.41) is 2.42. The standard InChI is InChI=1S/C23H21NO3/c1-2-11-24-19-9-7-15-5-3-4-6-17(15)23(19)18(13-22(24)25)16-8-10-20-21(12-16)27-14-26-20/h3-10,12,18H,2,11,13-14H2,1H3. The first-order valence-electron chi connectivity index (χ1n) is 9.48. The largest absolute Gasteiger partial charge is 0.454 e. The SMILES string of the molecule is CCCN1C(=O)CC(c2ccc3c(c2)OCO3)c2c1ccc1ccccc21. The van der Waals surface area contributed by atoms with Crippen molar-refractivity contribution in [2.24, 2.45) is 0 Å². The molecule has 136 valence electrons. The van der Waals surface area contributed by atoms with Crippen LogP contribution in [0.5, 0.6) is 11.5 Å². The van der Waals surface area contributed by atoms with Crippen LogP contribution in [-0.4, -0.2) is 19.2 Å². The van der Waals surface area contributed by atoms with Crippen molar-refractivity contribution < 1.29 is 14.3 Å². The van der Waals surface area contributed by atoms with Gasteiger partial charge in [-0.25, -0.2) is 0 Å². The zero-order valence-corrected chi connectivity index (χ0v) is 15.3. The Morgan fingerprint density at radius 2 is 1.89 bits per heavy atom. The molecule has 3 aromatic rings. The summed E-state index contributed by atoms with van der Waals surface area (Å²) in [6.07, 6.45) is 1.41. The minimum atomic E-state index is 0.0150. The normalized spacial score (nSPS) is 18.0. The van der Waals surface area contributed by atoms with E-state index in [1.807, 2.05) is 17.0 Å². The van der Waals surface area contributed by atoms with Crippen molar-refractivity contribution in [2.75, 3.05) is 18.2 Å². The Balaban J connectivity index is 1.72. The van der Waals surface area contributed by atoms with E-state index in [-0.39, 0.29) is 18.6 Å². The Labute approximate surface area is 158 Å². The molecule has 0 spiro atoms. The molecule has 0 fully saturated rings. The number of fused-ring (bicyclic) bond motifs is 4. The van der Waals surface area contributed by atoms with E-state index in [0.29, 0.717) is 6.42 Å². The van der Waals surface area contributed by atoms with Crippen LogP contribution in [-0.2, 0) is 4.79 Å². The molecule has 0 saturated heterocycles. The summed E-state index contributed by atoms with van der Waals surface area (Å²) in [5.74, 6) is 1.73. The van der Waals surface area contributed by atoms with Gasteiger partial charge in [0.05, 0.1) is 0 Å². The van der Waals surface area contributed by atoms with Crippen LogP contribution in [0.1, 0.15) is 36.8 Å². The minimum absolute atomic E-state index is 0.0150. The highest BCUT2D eigenvalue weighted by Gasteiger charge is 2.33. The lowest BCUT2D eigenvalue weighted by Crippen LogP contribution is -2.37. The summed E-state index contributed by atoms with van der Waals surface area (Å²) in [6.45, 7) is 3.11. The van der Waals surface area contributed by atoms with Crippen molar-refractivity contribution in [3.63, 3.8) is 0 Å². The third kappa shape index (κ3) is 2.55. The van der Waals surface area contributed by atoms with Gasteiger partial charge in [-0.3, -0.25) is 4.79 Å². The van der Waals surface area contributed by atoms with E-state index in [0.717, 1.165) is 35.7 Å². The number of rotatable bonds is 3. The maximum atomic E-state index is 13.0. The number of hydrogen-bond donors (Lipinski definition) is 0. The molecule has 3 aromatic carbocycles. The monoisotopic (exact) mass is 359 g/mol. The zero-order chi connectivity index (χ0) is 18.4. The molecule has 0 aliphatic carbocycles. The fourth-order valence-corrected chi connectivity index (χ4v) is 4.29. The first-order valence-corrected chi connectivity index (χ1v) is 9.48. The van der Waals surface area contributed by atoms with Gasteiger partial charge in [0.15, 0.2) is 11.5 Å². The molecule has 1 amide bonds. The summed E-state index contributed by atoms with van der Waals surface area (Å²) in [6, 6.07) is 18.7. The molecule has 0 radical (unpaired) electrons. The molecular formula is C23H21NO3. The van der Waals surface area contributed by atoms with Crippen molar-refractivity contribution >= 4 is 22.4 Å². The highest BCUT2D eigenvalue weighted by molar-refractivity contribution is 6.03. The lowest BCUT2D eigenvalue weighted by atomic mass is 9.81. The van der Waals surface area contributed by atoms with Crippen molar-refractivity contribution in [1.29, 1.82) is 0 Å². The highest BCUT2D eigenvalue weighted by atomic mass is 16.7. The maximum absolute atomic E-state index is 13.0. The fraction of sp³-hybridized carbons (Fsp3) is 0.261. The van der Waals surface area contributed by atoms with Crippen LogP contribution in [0.3, 0.4) is 0 Å². The van der Waals surface area contributed by atoms with Crippen LogP contribution in [0.25, 0.3) is 10.8 Å². The van der Waals surface area contributed by atoms with Gasteiger partial charge in [-0.15, -0.1) is 0 Å². The molecule has 2 aliphatic heterocycles. The molecule has 0 aromatic heterocycles. The smallest absolute Gasteiger partial charge is 0.231 e. The molecule has 2 heterocycles. The maximum Gasteiger partial charge on any atom is 0.231 e. The van der Waals surface area contributed by atoms with Crippen LogP contribution in [0, 0.1) is 0 Å². The molecular weight excluding hydrogens is 338 g/mol. The topological polar surface area (TPSA) is 38.8 Å². The van der Waals surface area contributed by atoms with E-state index in [1.165, 1.54) is 16.3 Å². The van der Waals surface area contributed by atoms with E-state index in [2.05, 4.69) is 49.4 Å². The van der Waals surface area contributed by atoms with Gasteiger partial charge >= 0.3 is 0 Å². The molecule has 4 heteroatoms. The number of amides is 1. The van der Waals surface area contributed by atoms with Crippen molar-refractivity contribution in [3.05, 3.63) is 65.7 Å². The van der Waals surface area contributed by atoms with Gasteiger partial charge in [0.2, 0.25) is 12.7 Å². The fourth-order valence-electron chi connectivity index (χ4n) is 4.29. The quantitative estimate of drug-likeness (QED) is 0.671. The molecule has 0 bridgehead atoms. The number of anilines is 1. The Kier molecular flexibility index (Phi) is 3.78. The molecule has 1 atom stereocenters. The zero-order valence-electron chi connectivity index (χ0n) is 15.3. The van der Waals surface area contributed by atoms with Gasteiger partial charge in [-0.2, -0.15) is 0 Å². The summed E-state index contributed by atoms with van der Waals surface area (Å²) in [4.78, 5) is 14.9. The number of nitrogens with zero attached hydrogens (tertiary/aromatic N) is 1. The first kappa shape index (κ1) is 16.2. The predicted molar refractivity (Wildman–Crippen MR) is 106 cm³/mol. The van der Waals surface area contributed by atoms with Gasteiger partial charge in [0.1, 0.15) is 0 Å².